The smallest absolute Gasteiger partial charge is 0.369 e. The van der Waals surface area contributed by atoms with Crippen molar-refractivity contribution >= 4 is 5.69 Å². The maximum absolute atomic E-state index is 13.1. The fraction of sp³-hybridized carbons (Fsp3) is 0.538. The molecule has 1 fully saturated rings. The summed E-state index contributed by atoms with van der Waals surface area (Å²) in [6.45, 7) is 0.953. The number of rotatable bonds is 3. The Bertz CT molecular complexity index is 453. The van der Waals surface area contributed by atoms with Crippen LogP contribution in [-0.2, 0) is 6.54 Å². The fourth-order valence-electron chi connectivity index (χ4n) is 2.43. The second kappa shape index (κ2) is 5.97. The second-order valence-corrected chi connectivity index (χ2v) is 4.86. The van der Waals surface area contributed by atoms with Crippen LogP contribution in [0.2, 0.25) is 0 Å². The summed E-state index contributed by atoms with van der Waals surface area (Å²) in [6.07, 6.45) is -4.17. The maximum Gasteiger partial charge on any atom is 0.401 e. The normalized spacial score (nSPS) is 17.6. The van der Waals surface area contributed by atoms with Crippen molar-refractivity contribution in [3.63, 3.8) is 0 Å². The van der Waals surface area contributed by atoms with Crippen LogP contribution in [0, 0.1) is 5.82 Å². The van der Waals surface area contributed by atoms with E-state index in [1.165, 1.54) is 17.0 Å². The van der Waals surface area contributed by atoms with Crippen LogP contribution in [0.1, 0.15) is 5.56 Å². The van der Waals surface area contributed by atoms with Gasteiger partial charge in [0.2, 0.25) is 0 Å². The molecule has 3 nitrogen and oxygen atoms in total. The summed E-state index contributed by atoms with van der Waals surface area (Å²) in [5, 5.41) is 0. The minimum Gasteiger partial charge on any atom is -0.369 e. The predicted octanol–water partition coefficient (Wildman–Crippen LogP) is 1.97. The van der Waals surface area contributed by atoms with E-state index < -0.39 is 12.7 Å². The summed E-state index contributed by atoms with van der Waals surface area (Å²) in [5.74, 6) is -0.357. The molecular weight excluding hydrogens is 274 g/mol. The molecule has 1 aliphatic heterocycles. The van der Waals surface area contributed by atoms with Crippen molar-refractivity contribution < 1.29 is 17.6 Å². The van der Waals surface area contributed by atoms with Crippen LogP contribution in [0.5, 0.6) is 0 Å². The van der Waals surface area contributed by atoms with Crippen molar-refractivity contribution in [1.82, 2.24) is 4.90 Å². The van der Waals surface area contributed by atoms with Gasteiger partial charge in [-0.05, 0) is 23.8 Å². The van der Waals surface area contributed by atoms with Crippen LogP contribution in [0.15, 0.2) is 18.2 Å². The molecule has 2 rings (SSSR count). The molecular formula is C13H17F4N3. The third-order valence-electron chi connectivity index (χ3n) is 3.38. The van der Waals surface area contributed by atoms with Crippen molar-refractivity contribution in [3.8, 4) is 0 Å². The van der Waals surface area contributed by atoms with Gasteiger partial charge in [-0.1, -0.05) is 0 Å². The maximum atomic E-state index is 13.1. The molecule has 0 amide bonds. The number of halogens is 4. The van der Waals surface area contributed by atoms with Gasteiger partial charge >= 0.3 is 6.18 Å². The Morgan fingerprint density at radius 1 is 1.10 bits per heavy atom. The summed E-state index contributed by atoms with van der Waals surface area (Å²) in [4.78, 5) is 3.33. The number of hydrogen-bond donors (Lipinski definition) is 1. The van der Waals surface area contributed by atoms with E-state index in [4.69, 9.17) is 5.73 Å². The van der Waals surface area contributed by atoms with Crippen LogP contribution in [-0.4, -0.2) is 43.8 Å². The third kappa shape index (κ3) is 3.83. The van der Waals surface area contributed by atoms with Gasteiger partial charge in [-0.15, -0.1) is 0 Å². The molecule has 0 atom stereocenters. The zero-order valence-corrected chi connectivity index (χ0v) is 11.0. The van der Waals surface area contributed by atoms with E-state index in [1.54, 1.807) is 6.07 Å². The minimum atomic E-state index is -4.17. The quantitative estimate of drug-likeness (QED) is 0.864. The fourth-order valence-corrected chi connectivity index (χ4v) is 2.43. The second-order valence-electron chi connectivity index (χ2n) is 4.86. The van der Waals surface area contributed by atoms with E-state index in [9.17, 15) is 17.6 Å². The number of alkyl halides is 3. The third-order valence-corrected chi connectivity index (χ3v) is 3.38. The summed E-state index contributed by atoms with van der Waals surface area (Å²) < 4.78 is 50.1. The molecule has 1 aliphatic rings. The van der Waals surface area contributed by atoms with Crippen molar-refractivity contribution in [2.75, 3.05) is 37.6 Å². The van der Waals surface area contributed by atoms with Crippen LogP contribution in [0.3, 0.4) is 0 Å². The highest BCUT2D eigenvalue weighted by Gasteiger charge is 2.32. The first-order valence-electron chi connectivity index (χ1n) is 6.41. The molecule has 1 aromatic rings. The molecule has 1 heterocycles. The first-order valence-corrected chi connectivity index (χ1v) is 6.41. The molecule has 0 spiro atoms. The highest BCUT2D eigenvalue weighted by Crippen LogP contribution is 2.24. The van der Waals surface area contributed by atoms with Gasteiger partial charge in [-0.25, -0.2) is 4.39 Å². The highest BCUT2D eigenvalue weighted by atomic mass is 19.4. The Labute approximate surface area is 115 Å². The molecule has 0 radical (unpaired) electrons. The van der Waals surface area contributed by atoms with E-state index in [0.29, 0.717) is 31.7 Å². The molecule has 1 aromatic carbocycles. The lowest BCUT2D eigenvalue weighted by atomic mass is 10.1. The van der Waals surface area contributed by atoms with Crippen molar-refractivity contribution in [1.29, 1.82) is 0 Å². The number of nitrogens with two attached hydrogens (primary N) is 1. The van der Waals surface area contributed by atoms with E-state index in [-0.39, 0.29) is 12.4 Å². The van der Waals surface area contributed by atoms with Crippen LogP contribution < -0.4 is 10.6 Å². The minimum absolute atomic E-state index is 0.204. The van der Waals surface area contributed by atoms with Gasteiger partial charge < -0.3 is 10.6 Å². The molecule has 112 valence electrons. The summed E-state index contributed by atoms with van der Waals surface area (Å²) in [6, 6.07) is 4.35. The molecule has 2 N–H and O–H groups in total. The summed E-state index contributed by atoms with van der Waals surface area (Å²) in [5.41, 5.74) is 7.07. The van der Waals surface area contributed by atoms with Crippen molar-refractivity contribution in [3.05, 3.63) is 29.6 Å². The topological polar surface area (TPSA) is 32.5 Å². The van der Waals surface area contributed by atoms with Crippen LogP contribution in [0.4, 0.5) is 23.2 Å². The monoisotopic (exact) mass is 291 g/mol. The van der Waals surface area contributed by atoms with Gasteiger partial charge in [0.25, 0.3) is 0 Å². The van der Waals surface area contributed by atoms with Crippen molar-refractivity contribution in [2.45, 2.75) is 12.7 Å². The molecule has 0 aromatic heterocycles. The molecule has 0 saturated carbocycles. The van der Waals surface area contributed by atoms with Gasteiger partial charge in [0, 0.05) is 38.4 Å². The Balaban J connectivity index is 2.00. The van der Waals surface area contributed by atoms with E-state index in [1.807, 2.05) is 4.90 Å². The van der Waals surface area contributed by atoms with Gasteiger partial charge in [-0.3, -0.25) is 4.90 Å². The van der Waals surface area contributed by atoms with Gasteiger partial charge in [0.1, 0.15) is 5.82 Å². The van der Waals surface area contributed by atoms with E-state index >= 15 is 0 Å². The highest BCUT2D eigenvalue weighted by molar-refractivity contribution is 5.54. The molecule has 1 saturated heterocycles. The van der Waals surface area contributed by atoms with Crippen LogP contribution >= 0.6 is 0 Å². The molecule has 0 bridgehead atoms. The summed E-state index contributed by atoms with van der Waals surface area (Å²) in [7, 11) is 0. The first kappa shape index (κ1) is 15.1. The molecule has 0 unspecified atom stereocenters. The molecule has 20 heavy (non-hydrogen) atoms. The SMILES string of the molecule is NCc1cc(F)ccc1N1CCN(CC(F)(F)F)CC1. The van der Waals surface area contributed by atoms with Gasteiger partial charge in [-0.2, -0.15) is 13.2 Å². The van der Waals surface area contributed by atoms with Crippen molar-refractivity contribution in [2.24, 2.45) is 5.73 Å². The lowest BCUT2D eigenvalue weighted by molar-refractivity contribution is -0.146. The Morgan fingerprint density at radius 3 is 2.30 bits per heavy atom. The Hall–Kier alpha value is -1.34. The van der Waals surface area contributed by atoms with Crippen LogP contribution in [0.25, 0.3) is 0 Å². The molecule has 7 heteroatoms. The summed E-state index contributed by atoms with van der Waals surface area (Å²) >= 11 is 0. The number of benzene rings is 1. The predicted molar refractivity (Wildman–Crippen MR) is 69.0 cm³/mol. The number of piperazine rings is 1. The lowest BCUT2D eigenvalue weighted by Crippen LogP contribution is -2.49. The average molecular weight is 291 g/mol. The van der Waals surface area contributed by atoms with E-state index in [2.05, 4.69) is 0 Å². The average Bonchev–Trinajstić information content (AvgIpc) is 2.38. The van der Waals surface area contributed by atoms with Gasteiger partial charge in [0.05, 0.1) is 6.54 Å². The standard InChI is InChI=1S/C13H17F4N3/c14-11-1-2-12(10(7-11)8-18)20-5-3-19(4-6-20)9-13(15,16)17/h1-2,7H,3-6,8-9,18H2. The van der Waals surface area contributed by atoms with E-state index in [0.717, 1.165) is 5.69 Å². The Kier molecular flexibility index (Phi) is 4.49. The largest absolute Gasteiger partial charge is 0.401 e. The lowest BCUT2D eigenvalue weighted by Gasteiger charge is -2.37. The number of anilines is 1. The zero-order chi connectivity index (χ0) is 14.8. The van der Waals surface area contributed by atoms with Gasteiger partial charge in [0.15, 0.2) is 0 Å². The number of hydrogen-bond acceptors (Lipinski definition) is 3. The zero-order valence-electron chi connectivity index (χ0n) is 11.0. The Morgan fingerprint density at radius 2 is 1.75 bits per heavy atom. The molecule has 0 aliphatic carbocycles. The number of nitrogens with zero attached hydrogens (tertiary/aromatic N) is 2. The first-order chi connectivity index (χ1) is 9.39.